The highest BCUT2D eigenvalue weighted by molar-refractivity contribution is 5.83. The van der Waals surface area contributed by atoms with E-state index in [1.807, 2.05) is 0 Å². The molecule has 0 atom stereocenters. The van der Waals surface area contributed by atoms with Crippen molar-refractivity contribution >= 4 is 16.9 Å². The fourth-order valence-electron chi connectivity index (χ4n) is 3.48. The summed E-state index contributed by atoms with van der Waals surface area (Å²) in [5, 5.41) is 8.13. The summed E-state index contributed by atoms with van der Waals surface area (Å²) in [6.07, 6.45) is 7.17. The van der Waals surface area contributed by atoms with Crippen molar-refractivity contribution in [3.05, 3.63) is 36.0 Å². The molecule has 0 unspecified atom stereocenters. The predicted octanol–water partition coefficient (Wildman–Crippen LogP) is 2.75. The minimum Gasteiger partial charge on any atom is -0.361 e. The van der Waals surface area contributed by atoms with Crippen molar-refractivity contribution in [3.8, 4) is 0 Å². The highest BCUT2D eigenvalue weighted by Gasteiger charge is 2.09. The minimum atomic E-state index is 0.864. The van der Waals surface area contributed by atoms with Gasteiger partial charge in [0.25, 0.3) is 0 Å². The van der Waals surface area contributed by atoms with E-state index in [0.717, 1.165) is 38.6 Å². The molecule has 0 saturated carbocycles. The molecule has 1 aromatic carbocycles. The number of likely N-dealkylation sites (tertiary alicyclic amines) is 1. The quantitative estimate of drug-likeness (QED) is 0.536. The first kappa shape index (κ1) is 17.8. The molecule has 0 spiro atoms. The van der Waals surface area contributed by atoms with E-state index in [0.29, 0.717) is 0 Å². The van der Waals surface area contributed by atoms with Gasteiger partial charge in [0.15, 0.2) is 5.96 Å². The van der Waals surface area contributed by atoms with Crippen LogP contribution in [-0.2, 0) is 6.42 Å². The van der Waals surface area contributed by atoms with E-state index in [9.17, 15) is 0 Å². The predicted molar refractivity (Wildman–Crippen MR) is 106 cm³/mol. The van der Waals surface area contributed by atoms with Crippen molar-refractivity contribution in [1.29, 1.82) is 0 Å². The zero-order valence-electron chi connectivity index (χ0n) is 15.4. The van der Waals surface area contributed by atoms with Crippen LogP contribution < -0.4 is 10.6 Å². The van der Waals surface area contributed by atoms with E-state index in [2.05, 4.69) is 57.9 Å². The Morgan fingerprint density at radius 2 is 2.00 bits per heavy atom. The monoisotopic (exact) mass is 341 g/mol. The Bertz CT molecular complexity index is 670. The number of hydrogen-bond acceptors (Lipinski definition) is 2. The molecule has 3 rings (SSSR count). The van der Waals surface area contributed by atoms with Crippen molar-refractivity contribution in [2.75, 3.05) is 39.3 Å². The third-order valence-corrected chi connectivity index (χ3v) is 4.84. The summed E-state index contributed by atoms with van der Waals surface area (Å²) in [7, 11) is 0. The molecule has 0 bridgehead atoms. The number of aliphatic imine (C=N–C) groups is 1. The SMILES string of the molecule is CCNC(=NCCN1CCCCC1)NCCc1c[nH]c2ccccc12. The smallest absolute Gasteiger partial charge is 0.191 e. The average molecular weight is 342 g/mol. The number of hydrogen-bond donors (Lipinski definition) is 3. The van der Waals surface area contributed by atoms with E-state index in [1.54, 1.807) is 0 Å². The molecule has 2 heterocycles. The van der Waals surface area contributed by atoms with E-state index in [1.165, 1.54) is 48.8 Å². The lowest BCUT2D eigenvalue weighted by Crippen LogP contribution is -2.39. The van der Waals surface area contributed by atoms with Gasteiger partial charge >= 0.3 is 0 Å². The Morgan fingerprint density at radius 3 is 2.84 bits per heavy atom. The zero-order valence-corrected chi connectivity index (χ0v) is 15.4. The number of aromatic amines is 1. The number of H-pyrrole nitrogens is 1. The van der Waals surface area contributed by atoms with Crippen LogP contribution in [0.2, 0.25) is 0 Å². The molecule has 1 aliphatic heterocycles. The van der Waals surface area contributed by atoms with Crippen LogP contribution >= 0.6 is 0 Å². The number of benzene rings is 1. The van der Waals surface area contributed by atoms with Crippen LogP contribution in [-0.4, -0.2) is 55.1 Å². The summed E-state index contributed by atoms with van der Waals surface area (Å²) in [5.74, 6) is 0.930. The molecule has 5 nitrogen and oxygen atoms in total. The van der Waals surface area contributed by atoms with Crippen molar-refractivity contribution in [1.82, 2.24) is 20.5 Å². The first-order valence-corrected chi connectivity index (χ1v) is 9.66. The Hall–Kier alpha value is -2.01. The molecule has 0 radical (unpaired) electrons. The van der Waals surface area contributed by atoms with Gasteiger partial charge in [-0.15, -0.1) is 0 Å². The van der Waals surface area contributed by atoms with Gasteiger partial charge in [0.1, 0.15) is 0 Å². The molecular weight excluding hydrogens is 310 g/mol. The van der Waals surface area contributed by atoms with Gasteiger partial charge in [-0.2, -0.15) is 0 Å². The number of fused-ring (bicyclic) bond motifs is 1. The maximum Gasteiger partial charge on any atom is 0.191 e. The molecule has 3 N–H and O–H groups in total. The second-order valence-electron chi connectivity index (χ2n) is 6.70. The lowest BCUT2D eigenvalue weighted by molar-refractivity contribution is 0.235. The topological polar surface area (TPSA) is 55.5 Å². The molecule has 25 heavy (non-hydrogen) atoms. The Balaban J connectivity index is 1.46. The summed E-state index contributed by atoms with van der Waals surface area (Å²) in [5.41, 5.74) is 2.56. The highest BCUT2D eigenvalue weighted by atomic mass is 15.2. The van der Waals surface area contributed by atoms with Gasteiger partial charge in [0, 0.05) is 36.7 Å². The van der Waals surface area contributed by atoms with Crippen molar-refractivity contribution < 1.29 is 0 Å². The lowest BCUT2D eigenvalue weighted by Gasteiger charge is -2.25. The van der Waals surface area contributed by atoms with E-state index < -0.39 is 0 Å². The minimum absolute atomic E-state index is 0.864. The first-order chi connectivity index (χ1) is 12.4. The zero-order chi connectivity index (χ0) is 17.3. The highest BCUT2D eigenvalue weighted by Crippen LogP contribution is 2.17. The molecular formula is C20H31N5. The number of guanidine groups is 1. The third kappa shape index (κ3) is 5.23. The van der Waals surface area contributed by atoms with Crippen LogP contribution in [0.25, 0.3) is 10.9 Å². The maximum atomic E-state index is 4.73. The molecule has 0 amide bonds. The summed E-state index contributed by atoms with van der Waals surface area (Å²) in [6, 6.07) is 8.47. The van der Waals surface area contributed by atoms with E-state index in [4.69, 9.17) is 4.99 Å². The van der Waals surface area contributed by atoms with Crippen LogP contribution in [0.4, 0.5) is 0 Å². The van der Waals surface area contributed by atoms with Crippen LogP contribution in [0.3, 0.4) is 0 Å². The molecule has 1 aliphatic rings. The maximum absolute atomic E-state index is 4.73. The second kappa shape index (κ2) is 9.47. The van der Waals surface area contributed by atoms with Gasteiger partial charge in [-0.1, -0.05) is 24.6 Å². The van der Waals surface area contributed by atoms with Gasteiger partial charge in [-0.25, -0.2) is 0 Å². The van der Waals surface area contributed by atoms with Crippen LogP contribution in [0.1, 0.15) is 31.7 Å². The number of nitrogens with zero attached hydrogens (tertiary/aromatic N) is 2. The summed E-state index contributed by atoms with van der Waals surface area (Å²) in [6.45, 7) is 8.29. The Morgan fingerprint density at radius 1 is 1.16 bits per heavy atom. The van der Waals surface area contributed by atoms with Gasteiger partial charge in [0.2, 0.25) is 0 Å². The average Bonchev–Trinajstić information content (AvgIpc) is 3.06. The molecule has 5 heteroatoms. The van der Waals surface area contributed by atoms with Gasteiger partial charge in [0.05, 0.1) is 6.54 Å². The second-order valence-corrected chi connectivity index (χ2v) is 6.70. The van der Waals surface area contributed by atoms with Gasteiger partial charge in [-0.3, -0.25) is 4.99 Å². The molecule has 1 fully saturated rings. The van der Waals surface area contributed by atoms with Crippen LogP contribution in [0, 0.1) is 0 Å². The van der Waals surface area contributed by atoms with Gasteiger partial charge in [-0.05, 0) is 50.9 Å². The fraction of sp³-hybridized carbons (Fsp3) is 0.550. The molecule has 136 valence electrons. The molecule has 0 aliphatic carbocycles. The summed E-state index contributed by atoms with van der Waals surface area (Å²) in [4.78, 5) is 10.6. The fourth-order valence-corrected chi connectivity index (χ4v) is 3.48. The Labute approximate surface area is 150 Å². The standard InChI is InChI=1S/C20H31N5/c1-2-21-20(23-12-15-25-13-6-3-7-14-25)22-11-10-17-16-24-19-9-5-4-8-18(17)19/h4-5,8-9,16,24H,2-3,6-7,10-15H2,1H3,(H2,21,22,23). The number of piperidine rings is 1. The third-order valence-electron chi connectivity index (χ3n) is 4.84. The van der Waals surface area contributed by atoms with E-state index >= 15 is 0 Å². The van der Waals surface area contributed by atoms with Crippen molar-refractivity contribution in [3.63, 3.8) is 0 Å². The number of aromatic nitrogens is 1. The molecule has 2 aromatic rings. The summed E-state index contributed by atoms with van der Waals surface area (Å²) < 4.78 is 0. The van der Waals surface area contributed by atoms with Gasteiger partial charge < -0.3 is 20.5 Å². The largest absolute Gasteiger partial charge is 0.361 e. The number of para-hydroxylation sites is 1. The first-order valence-electron chi connectivity index (χ1n) is 9.66. The summed E-state index contributed by atoms with van der Waals surface area (Å²) >= 11 is 0. The normalized spacial score (nSPS) is 16.3. The van der Waals surface area contributed by atoms with Crippen LogP contribution in [0.15, 0.2) is 35.5 Å². The van der Waals surface area contributed by atoms with Crippen molar-refractivity contribution in [2.45, 2.75) is 32.6 Å². The molecule has 1 saturated heterocycles. The Kier molecular flexibility index (Phi) is 6.74. The van der Waals surface area contributed by atoms with Crippen molar-refractivity contribution in [2.24, 2.45) is 4.99 Å². The number of rotatable bonds is 7. The van der Waals surface area contributed by atoms with Crippen LogP contribution in [0.5, 0.6) is 0 Å². The number of nitrogens with one attached hydrogen (secondary N) is 3. The molecule has 1 aromatic heterocycles. The van der Waals surface area contributed by atoms with E-state index in [-0.39, 0.29) is 0 Å². The lowest BCUT2D eigenvalue weighted by atomic mass is 10.1.